The van der Waals surface area contributed by atoms with E-state index in [4.69, 9.17) is 13.9 Å². The largest absolute Gasteiger partial charge is 0.497 e. The number of ether oxygens (including phenoxy) is 2. The molecule has 5 rings (SSSR count). The van der Waals surface area contributed by atoms with Crippen molar-refractivity contribution in [2.45, 2.75) is 19.9 Å². The van der Waals surface area contributed by atoms with E-state index in [0.29, 0.717) is 32.1 Å². The van der Waals surface area contributed by atoms with Gasteiger partial charge in [0.05, 0.1) is 35.6 Å². The molecule has 0 amide bonds. The molecule has 194 valence electrons. The minimum absolute atomic E-state index is 0.226. The SMILES string of the molecule is CCOC(=O)C1=C(C)N=c2s/c(=C\c3ccc(N4CCN(C)CC4)o3)c(=O)n2[C@@H]1c1ccc(OC)cc1. The van der Waals surface area contributed by atoms with Crippen LogP contribution in [0.4, 0.5) is 5.88 Å². The van der Waals surface area contributed by atoms with E-state index < -0.39 is 12.0 Å². The Bertz CT molecular complexity index is 1510. The first kappa shape index (κ1) is 25.0. The van der Waals surface area contributed by atoms with Crippen molar-refractivity contribution in [3.05, 3.63) is 78.7 Å². The van der Waals surface area contributed by atoms with Crippen molar-refractivity contribution in [2.75, 3.05) is 51.8 Å². The molecule has 3 aromatic rings. The third-order valence-corrected chi connectivity index (χ3v) is 7.63. The first-order chi connectivity index (χ1) is 17.9. The summed E-state index contributed by atoms with van der Waals surface area (Å²) in [6.07, 6.45) is 1.75. The minimum atomic E-state index is -0.666. The van der Waals surface area contributed by atoms with Crippen LogP contribution in [0, 0.1) is 0 Å². The lowest BCUT2D eigenvalue weighted by atomic mass is 9.96. The average molecular weight is 523 g/mol. The normalized spacial score (nSPS) is 18.5. The Morgan fingerprint density at radius 1 is 1.16 bits per heavy atom. The van der Waals surface area contributed by atoms with Gasteiger partial charge in [0, 0.05) is 38.3 Å². The van der Waals surface area contributed by atoms with Crippen molar-refractivity contribution in [2.24, 2.45) is 4.99 Å². The van der Waals surface area contributed by atoms with Crippen LogP contribution in [0.2, 0.25) is 0 Å². The van der Waals surface area contributed by atoms with E-state index in [2.05, 4.69) is 21.8 Å². The van der Waals surface area contributed by atoms with E-state index >= 15 is 0 Å². The van der Waals surface area contributed by atoms with Crippen LogP contribution < -0.4 is 24.5 Å². The zero-order valence-electron chi connectivity index (χ0n) is 21.4. The van der Waals surface area contributed by atoms with E-state index in [9.17, 15) is 9.59 Å². The Morgan fingerprint density at radius 3 is 2.57 bits per heavy atom. The summed E-state index contributed by atoms with van der Waals surface area (Å²) in [6, 6.07) is 10.5. The van der Waals surface area contributed by atoms with E-state index in [-0.39, 0.29) is 12.2 Å². The molecule has 2 aromatic heterocycles. The molecular weight excluding hydrogens is 492 g/mol. The van der Waals surface area contributed by atoms with Gasteiger partial charge in [0.1, 0.15) is 11.5 Å². The van der Waals surface area contributed by atoms with Crippen LogP contribution in [0.5, 0.6) is 5.75 Å². The van der Waals surface area contributed by atoms with Crippen molar-refractivity contribution in [1.82, 2.24) is 9.47 Å². The maximum Gasteiger partial charge on any atom is 0.338 e. The molecule has 0 spiro atoms. The van der Waals surface area contributed by atoms with E-state index in [1.807, 2.05) is 36.4 Å². The lowest BCUT2D eigenvalue weighted by Crippen LogP contribution is -2.44. The standard InChI is InChI=1S/C27H30N4O5S/c1-5-35-26(33)23-17(2)28-27-31(24(23)18-6-8-19(34-4)9-7-18)25(32)21(37-27)16-20-10-11-22(36-20)30-14-12-29(3)13-15-30/h6-11,16,24H,5,12-15H2,1-4H3/b21-16-/t24-/m1/s1. The third kappa shape index (κ3) is 4.86. The molecule has 0 unspecified atom stereocenters. The third-order valence-electron chi connectivity index (χ3n) is 6.65. The van der Waals surface area contributed by atoms with Crippen molar-refractivity contribution in [3.63, 3.8) is 0 Å². The second-order valence-corrected chi connectivity index (χ2v) is 10.1. The average Bonchev–Trinajstić information content (AvgIpc) is 3.48. The van der Waals surface area contributed by atoms with Gasteiger partial charge in [-0.05, 0) is 44.7 Å². The van der Waals surface area contributed by atoms with Crippen LogP contribution in [0.1, 0.15) is 31.2 Å². The van der Waals surface area contributed by atoms with Gasteiger partial charge in [-0.3, -0.25) is 9.36 Å². The number of piperazine rings is 1. The number of fused-ring (bicyclic) bond motifs is 1. The summed E-state index contributed by atoms with van der Waals surface area (Å²) in [5.74, 6) is 1.59. The topological polar surface area (TPSA) is 89.5 Å². The Morgan fingerprint density at radius 2 is 1.89 bits per heavy atom. The number of aromatic nitrogens is 1. The quantitative estimate of drug-likeness (QED) is 0.459. The number of carbonyl (C=O) groups is 1. The van der Waals surface area contributed by atoms with Crippen LogP contribution in [0.25, 0.3) is 6.08 Å². The van der Waals surface area contributed by atoms with Crippen LogP contribution >= 0.6 is 11.3 Å². The molecule has 2 aliphatic rings. The first-order valence-corrected chi connectivity index (χ1v) is 13.1. The van der Waals surface area contributed by atoms with E-state index in [1.54, 1.807) is 31.6 Å². The number of anilines is 1. The van der Waals surface area contributed by atoms with Crippen LogP contribution in [0.3, 0.4) is 0 Å². The number of thiazole rings is 1. The minimum Gasteiger partial charge on any atom is -0.497 e. The molecule has 0 bridgehead atoms. The molecule has 1 atom stereocenters. The fourth-order valence-corrected chi connectivity index (χ4v) is 5.67. The highest BCUT2D eigenvalue weighted by atomic mass is 32.1. The van der Waals surface area contributed by atoms with Gasteiger partial charge in [-0.15, -0.1) is 0 Å². The van der Waals surface area contributed by atoms with Crippen LogP contribution in [-0.4, -0.2) is 62.4 Å². The molecule has 1 aromatic carbocycles. The Hall–Kier alpha value is -3.63. The number of methoxy groups -OCH3 is 1. The summed E-state index contributed by atoms with van der Waals surface area (Å²) >= 11 is 1.28. The van der Waals surface area contributed by atoms with Crippen LogP contribution in [-0.2, 0) is 9.53 Å². The number of esters is 1. The number of benzene rings is 1. The monoisotopic (exact) mass is 522 g/mol. The predicted octanol–water partition coefficient (Wildman–Crippen LogP) is 2.15. The molecule has 0 aliphatic carbocycles. The molecule has 10 heteroatoms. The molecule has 37 heavy (non-hydrogen) atoms. The van der Waals surface area contributed by atoms with Crippen molar-refractivity contribution >= 4 is 29.3 Å². The van der Waals surface area contributed by atoms with Gasteiger partial charge in [0.15, 0.2) is 10.7 Å². The molecule has 9 nitrogen and oxygen atoms in total. The summed E-state index contributed by atoms with van der Waals surface area (Å²) in [4.78, 5) is 36.4. The summed E-state index contributed by atoms with van der Waals surface area (Å²) < 4.78 is 18.8. The number of hydrogen-bond acceptors (Lipinski definition) is 9. The zero-order chi connectivity index (χ0) is 26.1. The van der Waals surface area contributed by atoms with Gasteiger partial charge < -0.3 is 23.7 Å². The lowest BCUT2D eigenvalue weighted by Gasteiger charge is -2.32. The van der Waals surface area contributed by atoms with Gasteiger partial charge in [-0.25, -0.2) is 9.79 Å². The fraction of sp³-hybridized carbons (Fsp3) is 0.370. The van der Waals surface area contributed by atoms with Gasteiger partial charge >= 0.3 is 5.97 Å². The predicted molar refractivity (Wildman–Crippen MR) is 142 cm³/mol. The number of rotatable bonds is 6. The highest BCUT2D eigenvalue weighted by Gasteiger charge is 2.33. The van der Waals surface area contributed by atoms with Crippen molar-refractivity contribution in [1.29, 1.82) is 0 Å². The first-order valence-electron chi connectivity index (χ1n) is 12.3. The molecule has 0 radical (unpaired) electrons. The zero-order valence-corrected chi connectivity index (χ0v) is 22.2. The summed E-state index contributed by atoms with van der Waals surface area (Å²) in [5, 5.41) is 0. The van der Waals surface area contributed by atoms with Crippen molar-refractivity contribution < 1.29 is 18.7 Å². The Labute approximate surface area is 218 Å². The summed E-state index contributed by atoms with van der Waals surface area (Å²) in [7, 11) is 3.70. The molecule has 1 fully saturated rings. The van der Waals surface area contributed by atoms with Gasteiger partial charge in [0.25, 0.3) is 5.56 Å². The number of likely N-dealkylation sites (N-methyl/N-ethyl adjacent to an activating group) is 1. The maximum atomic E-state index is 13.7. The van der Waals surface area contributed by atoms with Crippen molar-refractivity contribution in [3.8, 4) is 5.75 Å². The van der Waals surface area contributed by atoms with E-state index in [1.165, 1.54) is 11.3 Å². The lowest BCUT2D eigenvalue weighted by molar-refractivity contribution is -0.139. The Balaban J connectivity index is 1.57. The highest BCUT2D eigenvalue weighted by Crippen LogP contribution is 2.31. The molecule has 4 heterocycles. The second-order valence-electron chi connectivity index (χ2n) is 9.04. The van der Waals surface area contributed by atoms with E-state index in [0.717, 1.165) is 37.6 Å². The molecule has 2 aliphatic heterocycles. The Kier molecular flexibility index (Phi) is 7.03. The van der Waals surface area contributed by atoms with Crippen LogP contribution in [0.15, 0.2) is 61.9 Å². The van der Waals surface area contributed by atoms with Gasteiger partial charge in [0.2, 0.25) is 0 Å². The number of furan rings is 1. The maximum absolute atomic E-state index is 13.7. The number of hydrogen-bond donors (Lipinski definition) is 0. The van der Waals surface area contributed by atoms with Gasteiger partial charge in [-0.2, -0.15) is 0 Å². The second kappa shape index (κ2) is 10.4. The fourth-order valence-electron chi connectivity index (χ4n) is 4.64. The summed E-state index contributed by atoms with van der Waals surface area (Å²) in [5.41, 5.74) is 1.40. The highest BCUT2D eigenvalue weighted by molar-refractivity contribution is 7.07. The summed E-state index contributed by atoms with van der Waals surface area (Å²) in [6.45, 7) is 7.49. The van der Waals surface area contributed by atoms with Gasteiger partial charge in [-0.1, -0.05) is 23.5 Å². The number of carbonyl (C=O) groups excluding carboxylic acids is 1. The molecule has 0 saturated carbocycles. The molecular formula is C27H30N4O5S. The number of nitrogens with zero attached hydrogens (tertiary/aromatic N) is 4. The molecule has 0 N–H and O–H groups in total. The smallest absolute Gasteiger partial charge is 0.338 e. The molecule has 1 saturated heterocycles. The number of allylic oxidation sites excluding steroid dienone is 1.